The molecule has 0 radical (unpaired) electrons. The Kier molecular flexibility index (Phi) is 6.75. The molecule has 2 N–H and O–H groups in total. The quantitative estimate of drug-likeness (QED) is 0.835. The van der Waals surface area contributed by atoms with Crippen LogP contribution in [0.5, 0.6) is 0 Å². The zero-order valence-corrected chi connectivity index (χ0v) is 16.2. The van der Waals surface area contributed by atoms with Crippen LogP contribution in [0, 0.1) is 12.7 Å². The van der Waals surface area contributed by atoms with E-state index in [0.717, 1.165) is 18.7 Å². The third kappa shape index (κ3) is 4.41. The predicted molar refractivity (Wildman–Crippen MR) is 104 cm³/mol. The average Bonchev–Trinajstić information content (AvgIpc) is 2.95. The van der Waals surface area contributed by atoms with Gasteiger partial charge >= 0.3 is 0 Å². The van der Waals surface area contributed by atoms with Gasteiger partial charge in [-0.2, -0.15) is 0 Å². The van der Waals surface area contributed by atoms with Crippen LogP contribution in [0.15, 0.2) is 30.3 Å². The van der Waals surface area contributed by atoms with Gasteiger partial charge in [0.25, 0.3) is 11.8 Å². The Morgan fingerprint density at radius 1 is 1.35 bits per heavy atom. The Hall–Kier alpha value is -1.96. The molecule has 1 fully saturated rings. The van der Waals surface area contributed by atoms with Crippen molar-refractivity contribution in [2.75, 3.05) is 25.0 Å². The molecule has 0 bridgehead atoms. The van der Waals surface area contributed by atoms with Crippen molar-refractivity contribution in [3.63, 3.8) is 0 Å². The van der Waals surface area contributed by atoms with Crippen LogP contribution in [0.4, 0.5) is 9.39 Å². The minimum Gasteiger partial charge on any atom is -0.333 e. The first-order chi connectivity index (χ1) is 12.0. The van der Waals surface area contributed by atoms with Crippen LogP contribution < -0.4 is 10.6 Å². The molecule has 2 amide bonds. The largest absolute Gasteiger partial charge is 0.333 e. The summed E-state index contributed by atoms with van der Waals surface area (Å²) in [5, 5.41) is 6.59. The van der Waals surface area contributed by atoms with E-state index in [0.29, 0.717) is 16.4 Å². The maximum Gasteiger partial charge on any atom is 0.264 e. The summed E-state index contributed by atoms with van der Waals surface area (Å²) >= 11 is 1.25. The van der Waals surface area contributed by atoms with E-state index in [1.165, 1.54) is 29.5 Å². The number of hydrogen-bond donors (Lipinski definition) is 2. The number of amides is 2. The highest BCUT2D eigenvalue weighted by molar-refractivity contribution is 7.18. The highest BCUT2D eigenvalue weighted by Crippen LogP contribution is 2.29. The van der Waals surface area contributed by atoms with Crippen molar-refractivity contribution in [1.82, 2.24) is 10.2 Å². The third-order valence-corrected chi connectivity index (χ3v) is 5.34. The number of thiophene rings is 1. The van der Waals surface area contributed by atoms with Gasteiger partial charge in [-0.25, -0.2) is 4.39 Å². The lowest BCUT2D eigenvalue weighted by Gasteiger charge is -2.33. The minimum atomic E-state index is -0.460. The second-order valence-corrected chi connectivity index (χ2v) is 7.19. The van der Waals surface area contributed by atoms with Gasteiger partial charge in [-0.3, -0.25) is 9.59 Å². The number of piperazine rings is 1. The van der Waals surface area contributed by atoms with Gasteiger partial charge in [0.1, 0.15) is 5.82 Å². The second kappa shape index (κ2) is 8.62. The SMILES string of the molecule is Cc1cc(NC(=O)c2cccc(F)c2)sc1C(=O)N1CCNC[C@H]1C.Cl. The number of halogens is 2. The lowest BCUT2D eigenvalue weighted by molar-refractivity contribution is 0.0660. The predicted octanol–water partition coefficient (Wildman–Crippen LogP) is 3.30. The molecule has 1 aliphatic rings. The lowest BCUT2D eigenvalue weighted by Crippen LogP contribution is -2.52. The molecule has 0 aliphatic carbocycles. The smallest absolute Gasteiger partial charge is 0.264 e. The molecule has 26 heavy (non-hydrogen) atoms. The van der Waals surface area contributed by atoms with E-state index >= 15 is 0 Å². The third-order valence-electron chi connectivity index (χ3n) is 4.20. The highest BCUT2D eigenvalue weighted by atomic mass is 35.5. The zero-order valence-electron chi connectivity index (χ0n) is 14.5. The minimum absolute atomic E-state index is 0. The fraction of sp³-hybridized carbons (Fsp3) is 0.333. The zero-order chi connectivity index (χ0) is 18.0. The number of nitrogens with one attached hydrogen (secondary N) is 2. The normalized spacial score (nSPS) is 16.7. The van der Waals surface area contributed by atoms with Gasteiger partial charge in [-0.1, -0.05) is 6.07 Å². The molecular weight excluding hydrogens is 377 g/mol. The molecule has 0 spiro atoms. The molecule has 1 aliphatic heterocycles. The van der Waals surface area contributed by atoms with Crippen LogP contribution in [-0.2, 0) is 0 Å². The molecule has 1 atom stereocenters. The van der Waals surface area contributed by atoms with Gasteiger partial charge in [0, 0.05) is 31.2 Å². The Morgan fingerprint density at radius 3 is 2.81 bits per heavy atom. The molecule has 2 heterocycles. The number of anilines is 1. The summed E-state index contributed by atoms with van der Waals surface area (Å²) in [7, 11) is 0. The van der Waals surface area contributed by atoms with Crippen molar-refractivity contribution in [2.45, 2.75) is 19.9 Å². The Balaban J connectivity index is 0.00000243. The van der Waals surface area contributed by atoms with Gasteiger partial charge in [0.2, 0.25) is 0 Å². The van der Waals surface area contributed by atoms with Crippen LogP contribution in [0.3, 0.4) is 0 Å². The lowest BCUT2D eigenvalue weighted by atomic mass is 10.2. The average molecular weight is 398 g/mol. The van der Waals surface area contributed by atoms with Crippen LogP contribution in [0.2, 0.25) is 0 Å². The monoisotopic (exact) mass is 397 g/mol. The number of hydrogen-bond acceptors (Lipinski definition) is 4. The summed E-state index contributed by atoms with van der Waals surface area (Å²) in [6, 6.07) is 7.43. The van der Waals surface area contributed by atoms with Crippen molar-refractivity contribution >= 4 is 40.6 Å². The van der Waals surface area contributed by atoms with Gasteiger partial charge in [-0.15, -0.1) is 23.7 Å². The standard InChI is InChI=1S/C18H20FN3O2S.ClH/c1-11-8-15(21-17(23)13-4-3-5-14(19)9-13)25-16(11)18(24)22-7-6-20-10-12(22)2;/h3-5,8-9,12,20H,6-7,10H2,1-2H3,(H,21,23);1H/t12-;/m1./s1. The van der Waals surface area contributed by atoms with Crippen LogP contribution in [-0.4, -0.2) is 42.4 Å². The first-order valence-electron chi connectivity index (χ1n) is 8.14. The number of aryl methyl sites for hydroxylation is 1. The highest BCUT2D eigenvalue weighted by Gasteiger charge is 2.26. The number of carbonyl (C=O) groups is 2. The fourth-order valence-electron chi connectivity index (χ4n) is 2.84. The van der Waals surface area contributed by atoms with Crippen LogP contribution in [0.1, 0.15) is 32.5 Å². The second-order valence-electron chi connectivity index (χ2n) is 6.14. The molecular formula is C18H21ClFN3O2S. The van der Waals surface area contributed by atoms with E-state index in [4.69, 9.17) is 0 Å². The Morgan fingerprint density at radius 2 is 2.12 bits per heavy atom. The summed E-state index contributed by atoms with van der Waals surface area (Å²) in [6.07, 6.45) is 0. The van der Waals surface area contributed by atoms with E-state index in [1.807, 2.05) is 18.7 Å². The molecule has 5 nitrogen and oxygen atoms in total. The fourth-order valence-corrected chi connectivity index (χ4v) is 3.87. The maximum atomic E-state index is 13.3. The molecule has 1 aromatic carbocycles. The van der Waals surface area contributed by atoms with E-state index in [1.54, 1.807) is 12.1 Å². The van der Waals surface area contributed by atoms with Gasteiger partial charge in [0.15, 0.2) is 0 Å². The summed E-state index contributed by atoms with van der Waals surface area (Å²) in [6.45, 7) is 6.10. The number of carbonyl (C=O) groups excluding carboxylic acids is 2. The molecule has 0 saturated carbocycles. The van der Waals surface area contributed by atoms with Crippen molar-refractivity contribution < 1.29 is 14.0 Å². The van der Waals surface area contributed by atoms with E-state index < -0.39 is 11.7 Å². The summed E-state index contributed by atoms with van der Waals surface area (Å²) in [4.78, 5) is 27.5. The molecule has 1 aromatic heterocycles. The first kappa shape index (κ1) is 20.4. The Labute approximate surface area is 162 Å². The van der Waals surface area contributed by atoms with Crippen molar-refractivity contribution in [3.05, 3.63) is 52.2 Å². The van der Waals surface area contributed by atoms with Crippen LogP contribution >= 0.6 is 23.7 Å². The van der Waals surface area contributed by atoms with Crippen molar-refractivity contribution in [1.29, 1.82) is 0 Å². The first-order valence-corrected chi connectivity index (χ1v) is 8.96. The number of benzene rings is 1. The topological polar surface area (TPSA) is 61.4 Å². The van der Waals surface area contributed by atoms with Gasteiger partial charge < -0.3 is 15.5 Å². The molecule has 8 heteroatoms. The van der Waals surface area contributed by atoms with Gasteiger partial charge in [-0.05, 0) is 43.7 Å². The van der Waals surface area contributed by atoms with E-state index in [9.17, 15) is 14.0 Å². The summed E-state index contributed by atoms with van der Waals surface area (Å²) < 4.78 is 13.3. The Bertz CT molecular complexity index is 811. The molecule has 2 aromatic rings. The molecule has 3 rings (SSSR count). The van der Waals surface area contributed by atoms with E-state index in [-0.39, 0.29) is 29.9 Å². The number of rotatable bonds is 3. The summed E-state index contributed by atoms with van der Waals surface area (Å²) in [5.74, 6) is -0.864. The van der Waals surface area contributed by atoms with Crippen molar-refractivity contribution in [2.24, 2.45) is 0 Å². The van der Waals surface area contributed by atoms with Gasteiger partial charge in [0.05, 0.1) is 9.88 Å². The van der Waals surface area contributed by atoms with Crippen molar-refractivity contribution in [3.8, 4) is 0 Å². The maximum absolute atomic E-state index is 13.3. The molecule has 1 saturated heterocycles. The molecule has 140 valence electrons. The van der Waals surface area contributed by atoms with E-state index in [2.05, 4.69) is 10.6 Å². The summed E-state index contributed by atoms with van der Waals surface area (Å²) in [5.41, 5.74) is 1.07. The molecule has 0 unspecified atom stereocenters. The van der Waals surface area contributed by atoms with Crippen LogP contribution in [0.25, 0.3) is 0 Å². The number of nitrogens with zero attached hydrogens (tertiary/aromatic N) is 1.